The number of hydrogen-bond donors (Lipinski definition) is 2. The average Bonchev–Trinajstić information content (AvgIpc) is 3.22. The third-order valence-electron chi connectivity index (χ3n) is 5.61. The molecule has 2 N–H and O–H groups in total. The van der Waals surface area contributed by atoms with Crippen molar-refractivity contribution >= 4 is 22.9 Å². The lowest BCUT2D eigenvalue weighted by Gasteiger charge is -2.22. The monoisotopic (exact) mass is 388 g/mol. The first-order valence-electron chi connectivity index (χ1n) is 9.74. The molecule has 27 heavy (non-hydrogen) atoms. The first-order chi connectivity index (χ1) is 13.0. The van der Waals surface area contributed by atoms with Crippen LogP contribution in [0.15, 0.2) is 12.3 Å². The highest BCUT2D eigenvalue weighted by Crippen LogP contribution is 2.45. The third-order valence-corrected chi connectivity index (χ3v) is 6.79. The van der Waals surface area contributed by atoms with Gasteiger partial charge in [0, 0.05) is 48.2 Å². The third kappa shape index (κ3) is 4.25. The maximum absolute atomic E-state index is 12.7. The number of amides is 1. The molecule has 2 atom stereocenters. The van der Waals surface area contributed by atoms with Crippen LogP contribution in [-0.2, 0) is 11.8 Å². The number of aryl methyl sites for hydroxylation is 3. The van der Waals surface area contributed by atoms with Gasteiger partial charge in [-0.25, -0.2) is 0 Å². The molecule has 0 aromatic carbocycles. The van der Waals surface area contributed by atoms with E-state index in [1.807, 2.05) is 27.1 Å². The maximum atomic E-state index is 12.7. The fourth-order valence-electron chi connectivity index (χ4n) is 3.83. The SMILES string of the molecule is Cc1nn(C)cc1NC(=O)c1cc(C2CC2NCC2CCOCC2)sc1C. The molecule has 2 unspecified atom stereocenters. The molecule has 6 nitrogen and oxygen atoms in total. The van der Waals surface area contributed by atoms with E-state index in [0.29, 0.717) is 12.0 Å². The summed E-state index contributed by atoms with van der Waals surface area (Å²) in [5.74, 6) is 1.25. The van der Waals surface area contributed by atoms with Gasteiger partial charge in [-0.1, -0.05) is 0 Å². The maximum Gasteiger partial charge on any atom is 0.256 e. The van der Waals surface area contributed by atoms with Crippen LogP contribution < -0.4 is 10.6 Å². The zero-order valence-electron chi connectivity index (χ0n) is 16.2. The number of nitrogens with zero attached hydrogens (tertiary/aromatic N) is 2. The van der Waals surface area contributed by atoms with Gasteiger partial charge < -0.3 is 15.4 Å². The number of carbonyl (C=O) groups is 1. The summed E-state index contributed by atoms with van der Waals surface area (Å²) < 4.78 is 7.15. The van der Waals surface area contributed by atoms with Crippen LogP contribution in [-0.4, -0.2) is 41.5 Å². The van der Waals surface area contributed by atoms with Crippen LogP contribution in [0.5, 0.6) is 0 Å². The largest absolute Gasteiger partial charge is 0.381 e. The van der Waals surface area contributed by atoms with Gasteiger partial charge in [-0.15, -0.1) is 11.3 Å². The summed E-state index contributed by atoms with van der Waals surface area (Å²) in [7, 11) is 1.86. The first-order valence-corrected chi connectivity index (χ1v) is 10.6. The van der Waals surface area contributed by atoms with E-state index in [0.717, 1.165) is 47.5 Å². The Morgan fingerprint density at radius 1 is 1.37 bits per heavy atom. The van der Waals surface area contributed by atoms with Gasteiger partial charge in [-0.05, 0) is 51.6 Å². The second-order valence-electron chi connectivity index (χ2n) is 7.79. The number of nitrogens with one attached hydrogen (secondary N) is 2. The Morgan fingerprint density at radius 2 is 2.15 bits per heavy atom. The van der Waals surface area contributed by atoms with Gasteiger partial charge in [0.1, 0.15) is 0 Å². The quantitative estimate of drug-likeness (QED) is 0.797. The predicted molar refractivity (Wildman–Crippen MR) is 108 cm³/mol. The second kappa shape index (κ2) is 7.73. The van der Waals surface area contributed by atoms with Gasteiger partial charge in [0.15, 0.2) is 0 Å². The molecule has 1 aliphatic carbocycles. The van der Waals surface area contributed by atoms with Crippen molar-refractivity contribution in [1.82, 2.24) is 15.1 Å². The average molecular weight is 389 g/mol. The summed E-state index contributed by atoms with van der Waals surface area (Å²) in [6.45, 7) is 6.83. The number of aromatic nitrogens is 2. The lowest BCUT2D eigenvalue weighted by atomic mass is 10.0. The number of anilines is 1. The van der Waals surface area contributed by atoms with Crippen LogP contribution in [0.3, 0.4) is 0 Å². The summed E-state index contributed by atoms with van der Waals surface area (Å²) in [5, 5.41) is 11.0. The van der Waals surface area contributed by atoms with Gasteiger partial charge in [0.25, 0.3) is 5.91 Å². The van der Waals surface area contributed by atoms with Gasteiger partial charge in [-0.2, -0.15) is 5.10 Å². The summed E-state index contributed by atoms with van der Waals surface area (Å²) in [4.78, 5) is 15.1. The van der Waals surface area contributed by atoms with E-state index in [2.05, 4.69) is 21.8 Å². The summed E-state index contributed by atoms with van der Waals surface area (Å²) in [5.41, 5.74) is 2.39. The van der Waals surface area contributed by atoms with E-state index >= 15 is 0 Å². The normalized spacial score (nSPS) is 22.8. The molecular weight excluding hydrogens is 360 g/mol. The number of ether oxygens (including phenoxy) is 1. The molecule has 2 fully saturated rings. The van der Waals surface area contributed by atoms with Crippen molar-refractivity contribution in [3.05, 3.63) is 33.3 Å². The highest BCUT2D eigenvalue weighted by molar-refractivity contribution is 7.12. The molecule has 0 radical (unpaired) electrons. The van der Waals surface area contributed by atoms with E-state index < -0.39 is 0 Å². The predicted octanol–water partition coefficient (Wildman–Crippen LogP) is 3.22. The molecule has 2 aliphatic rings. The number of carbonyl (C=O) groups excluding carboxylic acids is 1. The highest BCUT2D eigenvalue weighted by Gasteiger charge is 2.40. The molecule has 2 aromatic heterocycles. The van der Waals surface area contributed by atoms with Crippen molar-refractivity contribution in [1.29, 1.82) is 0 Å². The minimum atomic E-state index is -0.0431. The van der Waals surface area contributed by atoms with Crippen molar-refractivity contribution in [2.75, 3.05) is 25.1 Å². The molecule has 7 heteroatoms. The molecule has 1 saturated heterocycles. The van der Waals surface area contributed by atoms with Crippen LogP contribution in [0, 0.1) is 19.8 Å². The first kappa shape index (κ1) is 18.7. The molecule has 1 amide bonds. The summed E-state index contributed by atoms with van der Waals surface area (Å²) in [6, 6.07) is 2.64. The molecule has 0 spiro atoms. The lowest BCUT2D eigenvalue weighted by molar-refractivity contribution is 0.0662. The molecule has 146 valence electrons. The molecule has 0 bridgehead atoms. The van der Waals surface area contributed by atoms with E-state index in [-0.39, 0.29) is 5.91 Å². The van der Waals surface area contributed by atoms with Crippen LogP contribution in [0.2, 0.25) is 0 Å². The molecule has 2 aromatic rings. The smallest absolute Gasteiger partial charge is 0.256 e. The van der Waals surface area contributed by atoms with E-state index in [4.69, 9.17) is 4.74 Å². The lowest BCUT2D eigenvalue weighted by Crippen LogP contribution is -2.29. The van der Waals surface area contributed by atoms with E-state index in [1.54, 1.807) is 16.0 Å². The number of thiophene rings is 1. The van der Waals surface area contributed by atoms with Gasteiger partial charge in [0.05, 0.1) is 16.9 Å². The van der Waals surface area contributed by atoms with Gasteiger partial charge in [0.2, 0.25) is 0 Å². The van der Waals surface area contributed by atoms with Crippen molar-refractivity contribution in [3.63, 3.8) is 0 Å². The van der Waals surface area contributed by atoms with Crippen molar-refractivity contribution < 1.29 is 9.53 Å². The standard InChI is InChI=1S/C20H28N4O2S/c1-12-18(11-24(3)23-12)22-20(25)15-9-19(27-13(15)2)16-8-17(16)21-10-14-4-6-26-7-5-14/h9,11,14,16-17,21H,4-8,10H2,1-3H3,(H,22,25). The molecule has 1 saturated carbocycles. The Kier molecular flexibility index (Phi) is 5.34. The van der Waals surface area contributed by atoms with Crippen molar-refractivity contribution in [3.8, 4) is 0 Å². The zero-order chi connectivity index (χ0) is 19.0. The summed E-state index contributed by atoms with van der Waals surface area (Å²) in [6.07, 6.45) is 5.35. The Balaban J connectivity index is 1.34. The zero-order valence-corrected chi connectivity index (χ0v) is 17.1. The van der Waals surface area contributed by atoms with Gasteiger partial charge >= 0.3 is 0 Å². The fourth-order valence-corrected chi connectivity index (χ4v) is 5.03. The Morgan fingerprint density at radius 3 is 2.85 bits per heavy atom. The Bertz CT molecular complexity index is 822. The second-order valence-corrected chi connectivity index (χ2v) is 9.08. The molecule has 3 heterocycles. The number of hydrogen-bond acceptors (Lipinski definition) is 5. The fraction of sp³-hybridized carbons (Fsp3) is 0.600. The Labute approximate surface area is 164 Å². The van der Waals surface area contributed by atoms with Crippen LogP contribution in [0.25, 0.3) is 0 Å². The molecule has 1 aliphatic heterocycles. The highest BCUT2D eigenvalue weighted by atomic mass is 32.1. The molecule has 4 rings (SSSR count). The van der Waals surface area contributed by atoms with E-state index in [1.165, 1.54) is 24.1 Å². The minimum Gasteiger partial charge on any atom is -0.381 e. The topological polar surface area (TPSA) is 68.2 Å². The number of rotatable bonds is 6. The van der Waals surface area contributed by atoms with Crippen LogP contribution in [0.4, 0.5) is 5.69 Å². The molecular formula is C20H28N4O2S. The van der Waals surface area contributed by atoms with Crippen LogP contribution in [0.1, 0.15) is 51.0 Å². The van der Waals surface area contributed by atoms with Crippen LogP contribution >= 0.6 is 11.3 Å². The minimum absolute atomic E-state index is 0.0431. The summed E-state index contributed by atoms with van der Waals surface area (Å²) >= 11 is 1.76. The van der Waals surface area contributed by atoms with Crippen molar-refractivity contribution in [2.45, 2.75) is 45.1 Å². The van der Waals surface area contributed by atoms with Crippen molar-refractivity contribution in [2.24, 2.45) is 13.0 Å². The Hall–Kier alpha value is -1.70. The van der Waals surface area contributed by atoms with E-state index in [9.17, 15) is 4.79 Å². The van der Waals surface area contributed by atoms with Gasteiger partial charge in [-0.3, -0.25) is 9.48 Å².